The first kappa shape index (κ1) is 57.8. The van der Waals surface area contributed by atoms with Crippen molar-refractivity contribution in [1.29, 1.82) is 0 Å². The van der Waals surface area contributed by atoms with E-state index >= 15 is 0 Å². The minimum Gasteiger partial charge on any atom is -0.466 e. The van der Waals surface area contributed by atoms with E-state index in [0.29, 0.717) is 25.9 Å². The maximum Gasteiger partial charge on any atom is 0.305 e. The maximum atomic E-state index is 12.4. The first-order valence-electron chi connectivity index (χ1n) is 25.9. The van der Waals surface area contributed by atoms with Crippen molar-refractivity contribution in [3.63, 3.8) is 0 Å². The molecule has 6 nitrogen and oxygen atoms in total. The molecule has 1 amide bonds. The average molecular weight is 842 g/mol. The second-order valence-electron chi connectivity index (χ2n) is 17.5. The molecule has 0 aromatic carbocycles. The monoisotopic (exact) mass is 842 g/mol. The fraction of sp³-hybridized carbons (Fsp3) is 0.815. The van der Waals surface area contributed by atoms with Gasteiger partial charge in [0.1, 0.15) is 0 Å². The molecule has 0 fully saturated rings. The molecule has 0 rings (SSSR count). The molecule has 0 aromatic heterocycles. The molecule has 6 heteroatoms. The number of aliphatic hydroxyl groups is 2. The van der Waals surface area contributed by atoms with Crippen LogP contribution < -0.4 is 5.32 Å². The van der Waals surface area contributed by atoms with Gasteiger partial charge < -0.3 is 20.3 Å². The van der Waals surface area contributed by atoms with E-state index in [0.717, 1.165) is 83.5 Å². The first-order chi connectivity index (χ1) is 29.5. The molecule has 0 spiro atoms. The van der Waals surface area contributed by atoms with Gasteiger partial charge in [-0.2, -0.15) is 0 Å². The normalized spacial score (nSPS) is 13.1. The van der Waals surface area contributed by atoms with Crippen LogP contribution in [-0.2, 0) is 14.3 Å². The molecular formula is C54H99NO5. The van der Waals surface area contributed by atoms with Crippen LogP contribution in [0.25, 0.3) is 0 Å². The summed E-state index contributed by atoms with van der Waals surface area (Å²) in [6.07, 6.45) is 60.9. The Balaban J connectivity index is 3.50. The van der Waals surface area contributed by atoms with Crippen molar-refractivity contribution in [3.05, 3.63) is 48.6 Å². The molecule has 2 unspecified atom stereocenters. The molecule has 0 bridgehead atoms. The highest BCUT2D eigenvalue weighted by Crippen LogP contribution is 2.15. The van der Waals surface area contributed by atoms with Crippen LogP contribution >= 0.6 is 0 Å². The molecule has 2 atom stereocenters. The standard InChI is InChI=1S/C54H99NO5/c1-3-5-7-9-11-13-14-15-16-17-18-19-22-25-28-32-36-40-44-48-54(59)60-49-45-41-37-33-29-26-23-20-21-24-27-31-35-39-43-47-53(58)55-51(50-56)52(57)46-42-38-34-30-12-10-8-6-4-2/h11,13,15-16,20,23,26,29,51-52,56-57H,3-10,12,14,17-19,21-22,24-25,27-28,30-50H2,1-2H3,(H,55,58)/b13-11-,16-15-,23-20-,29-26-. The quantitative estimate of drug-likeness (QED) is 0.0245. The summed E-state index contributed by atoms with van der Waals surface area (Å²) in [7, 11) is 0. The van der Waals surface area contributed by atoms with Crippen molar-refractivity contribution in [2.75, 3.05) is 13.2 Å². The molecule has 60 heavy (non-hydrogen) atoms. The predicted molar refractivity (Wildman–Crippen MR) is 259 cm³/mol. The van der Waals surface area contributed by atoms with Crippen molar-refractivity contribution in [2.45, 2.75) is 270 Å². The van der Waals surface area contributed by atoms with Crippen molar-refractivity contribution in [2.24, 2.45) is 0 Å². The number of nitrogens with one attached hydrogen (secondary N) is 1. The van der Waals surface area contributed by atoms with Gasteiger partial charge in [0, 0.05) is 12.8 Å². The number of rotatable bonds is 47. The third-order valence-electron chi connectivity index (χ3n) is 11.6. The Labute approximate surface area is 372 Å². The Morgan fingerprint density at radius 2 is 0.883 bits per heavy atom. The lowest BCUT2D eigenvalue weighted by atomic mass is 10.0. The summed E-state index contributed by atoms with van der Waals surface area (Å²) in [4.78, 5) is 24.4. The Kier molecular flexibility index (Phi) is 47.7. The molecule has 0 saturated carbocycles. The van der Waals surface area contributed by atoms with E-state index in [2.05, 4.69) is 67.8 Å². The van der Waals surface area contributed by atoms with Gasteiger partial charge in [-0.1, -0.05) is 204 Å². The fourth-order valence-electron chi connectivity index (χ4n) is 7.60. The van der Waals surface area contributed by atoms with Crippen LogP contribution in [0, 0.1) is 0 Å². The van der Waals surface area contributed by atoms with Gasteiger partial charge in [-0.15, -0.1) is 0 Å². The number of hydrogen-bond acceptors (Lipinski definition) is 5. The van der Waals surface area contributed by atoms with E-state index in [1.54, 1.807) is 0 Å². The number of ether oxygens (including phenoxy) is 1. The summed E-state index contributed by atoms with van der Waals surface area (Å²) in [5, 5.41) is 23.0. The molecule has 0 aliphatic carbocycles. The largest absolute Gasteiger partial charge is 0.466 e. The Morgan fingerprint density at radius 1 is 0.483 bits per heavy atom. The van der Waals surface area contributed by atoms with E-state index in [4.69, 9.17) is 4.74 Å². The van der Waals surface area contributed by atoms with Gasteiger partial charge >= 0.3 is 5.97 Å². The van der Waals surface area contributed by atoms with Gasteiger partial charge in [0.2, 0.25) is 5.91 Å². The summed E-state index contributed by atoms with van der Waals surface area (Å²) >= 11 is 0. The smallest absolute Gasteiger partial charge is 0.305 e. The number of amides is 1. The number of unbranched alkanes of at least 4 members (excludes halogenated alkanes) is 29. The Bertz CT molecular complexity index is 1020. The molecule has 0 aliphatic heterocycles. The van der Waals surface area contributed by atoms with E-state index in [9.17, 15) is 19.8 Å². The van der Waals surface area contributed by atoms with E-state index in [-0.39, 0.29) is 18.5 Å². The zero-order valence-electron chi connectivity index (χ0n) is 39.7. The van der Waals surface area contributed by atoms with Crippen LogP contribution in [0.4, 0.5) is 0 Å². The topological polar surface area (TPSA) is 95.9 Å². The van der Waals surface area contributed by atoms with Crippen LogP contribution in [0.15, 0.2) is 48.6 Å². The SMILES string of the molecule is CCCCC/C=C\C/C=C\CCCCCCCCCCCC(=O)OCCCCC/C=C\C=C/CCCCCCCCC(=O)NC(CO)C(O)CCCCCCCCCCC. The lowest BCUT2D eigenvalue weighted by Gasteiger charge is -2.22. The first-order valence-corrected chi connectivity index (χ1v) is 25.9. The minimum atomic E-state index is -0.677. The third-order valence-corrected chi connectivity index (χ3v) is 11.6. The highest BCUT2D eigenvalue weighted by atomic mass is 16.5. The molecule has 0 saturated heterocycles. The molecule has 3 N–H and O–H groups in total. The fourth-order valence-corrected chi connectivity index (χ4v) is 7.60. The van der Waals surface area contributed by atoms with Gasteiger partial charge in [-0.3, -0.25) is 9.59 Å². The van der Waals surface area contributed by atoms with Crippen molar-refractivity contribution >= 4 is 11.9 Å². The number of hydrogen-bond donors (Lipinski definition) is 3. The zero-order valence-corrected chi connectivity index (χ0v) is 39.7. The van der Waals surface area contributed by atoms with Gasteiger partial charge in [0.15, 0.2) is 0 Å². The van der Waals surface area contributed by atoms with Crippen LogP contribution in [-0.4, -0.2) is 47.4 Å². The highest BCUT2D eigenvalue weighted by molar-refractivity contribution is 5.76. The Morgan fingerprint density at radius 3 is 1.40 bits per heavy atom. The van der Waals surface area contributed by atoms with Gasteiger partial charge in [-0.05, 0) is 89.9 Å². The van der Waals surface area contributed by atoms with Crippen LogP contribution in [0.5, 0.6) is 0 Å². The number of carbonyl (C=O) groups excluding carboxylic acids is 2. The van der Waals surface area contributed by atoms with E-state index < -0.39 is 12.1 Å². The van der Waals surface area contributed by atoms with Crippen molar-refractivity contribution < 1.29 is 24.5 Å². The number of esters is 1. The maximum absolute atomic E-state index is 12.4. The third kappa shape index (κ3) is 45.3. The van der Waals surface area contributed by atoms with Gasteiger partial charge in [-0.25, -0.2) is 0 Å². The van der Waals surface area contributed by atoms with Gasteiger partial charge in [0.25, 0.3) is 0 Å². The second-order valence-corrected chi connectivity index (χ2v) is 17.5. The van der Waals surface area contributed by atoms with Crippen LogP contribution in [0.3, 0.4) is 0 Å². The predicted octanol–water partition coefficient (Wildman–Crippen LogP) is 15.5. The van der Waals surface area contributed by atoms with Gasteiger partial charge in [0.05, 0.1) is 25.4 Å². The number of carbonyl (C=O) groups is 2. The number of allylic oxidation sites excluding steroid dienone is 8. The zero-order chi connectivity index (χ0) is 43.7. The highest BCUT2D eigenvalue weighted by Gasteiger charge is 2.20. The summed E-state index contributed by atoms with van der Waals surface area (Å²) in [6, 6.07) is -0.557. The molecular weight excluding hydrogens is 743 g/mol. The lowest BCUT2D eigenvalue weighted by Crippen LogP contribution is -2.45. The molecule has 0 aromatic rings. The van der Waals surface area contributed by atoms with Crippen LogP contribution in [0.1, 0.15) is 258 Å². The summed E-state index contributed by atoms with van der Waals surface area (Å²) in [5.41, 5.74) is 0. The summed E-state index contributed by atoms with van der Waals surface area (Å²) < 4.78 is 5.45. The Hall–Kier alpha value is -2.18. The summed E-state index contributed by atoms with van der Waals surface area (Å²) in [6.45, 7) is 4.84. The molecule has 0 aliphatic rings. The molecule has 0 heterocycles. The van der Waals surface area contributed by atoms with E-state index in [1.807, 2.05) is 0 Å². The molecule has 350 valence electrons. The van der Waals surface area contributed by atoms with Crippen molar-refractivity contribution in [1.82, 2.24) is 5.32 Å². The lowest BCUT2D eigenvalue weighted by molar-refractivity contribution is -0.143. The molecule has 0 radical (unpaired) electrons. The number of aliphatic hydroxyl groups excluding tert-OH is 2. The minimum absolute atomic E-state index is 0.0266. The van der Waals surface area contributed by atoms with Crippen molar-refractivity contribution in [3.8, 4) is 0 Å². The average Bonchev–Trinajstić information content (AvgIpc) is 3.25. The van der Waals surface area contributed by atoms with Crippen LogP contribution in [0.2, 0.25) is 0 Å². The van der Waals surface area contributed by atoms with E-state index in [1.165, 1.54) is 141 Å². The summed E-state index contributed by atoms with van der Waals surface area (Å²) in [5.74, 6) is -0.0882. The second kappa shape index (κ2) is 49.5.